The van der Waals surface area contributed by atoms with Gasteiger partial charge in [0.05, 0.1) is 12.1 Å². The summed E-state index contributed by atoms with van der Waals surface area (Å²) in [6.45, 7) is 5.73. The molecule has 0 radical (unpaired) electrons. The molecule has 3 N–H and O–H groups in total. The lowest BCUT2D eigenvalue weighted by Crippen LogP contribution is -2.10. The molecule has 1 aromatic rings. The highest BCUT2D eigenvalue weighted by molar-refractivity contribution is 6.32. The van der Waals surface area contributed by atoms with E-state index in [0.717, 1.165) is 11.1 Å². The maximum Gasteiger partial charge on any atom is 0.176 e. The van der Waals surface area contributed by atoms with Crippen LogP contribution in [0.15, 0.2) is 24.3 Å². The highest BCUT2D eigenvalue weighted by atomic mass is 35.5. The van der Waals surface area contributed by atoms with Crippen LogP contribution in [0.25, 0.3) is 0 Å². The van der Waals surface area contributed by atoms with Crippen LogP contribution < -0.4 is 10.5 Å². The van der Waals surface area contributed by atoms with Crippen molar-refractivity contribution in [3.05, 3.63) is 34.9 Å². The third kappa shape index (κ3) is 2.90. The second kappa shape index (κ2) is 5.23. The monoisotopic (exact) mass is 241 g/mol. The molecule has 4 heteroatoms. The average molecular weight is 242 g/mol. The van der Waals surface area contributed by atoms with Gasteiger partial charge in [-0.15, -0.1) is 6.58 Å². The number of phenolic OH excluding ortho intramolecular Hbond substituents is 1. The number of ether oxygens (including phenoxy) is 1. The largest absolute Gasteiger partial charge is 0.503 e. The van der Waals surface area contributed by atoms with Gasteiger partial charge in [0, 0.05) is 6.04 Å². The number of benzene rings is 1. The van der Waals surface area contributed by atoms with E-state index in [9.17, 15) is 5.11 Å². The molecule has 0 amide bonds. The van der Waals surface area contributed by atoms with Crippen LogP contribution in [-0.4, -0.2) is 12.2 Å². The van der Waals surface area contributed by atoms with Crippen molar-refractivity contribution in [1.29, 1.82) is 0 Å². The van der Waals surface area contributed by atoms with Crippen molar-refractivity contribution in [3.63, 3.8) is 0 Å². The summed E-state index contributed by atoms with van der Waals surface area (Å²) < 4.78 is 5.01. The van der Waals surface area contributed by atoms with Crippen LogP contribution in [0.2, 0.25) is 5.02 Å². The summed E-state index contributed by atoms with van der Waals surface area (Å²) in [5.74, 6) is 0.273. The van der Waals surface area contributed by atoms with Crippen molar-refractivity contribution in [2.24, 2.45) is 5.73 Å². The van der Waals surface area contributed by atoms with E-state index in [1.54, 1.807) is 12.1 Å². The standard InChI is InChI=1S/C12H16ClNO2/c1-7(2)4-10(14)8-5-9(13)12(15)11(6-8)16-3/h5-6,10,15H,1,4,14H2,2-3H3/t10-/m1/s1. The van der Waals surface area contributed by atoms with Gasteiger partial charge in [-0.05, 0) is 31.0 Å². The molecule has 1 aromatic carbocycles. The predicted molar refractivity (Wildman–Crippen MR) is 66.0 cm³/mol. The summed E-state index contributed by atoms with van der Waals surface area (Å²) in [4.78, 5) is 0. The van der Waals surface area contributed by atoms with E-state index >= 15 is 0 Å². The molecular formula is C12H16ClNO2. The number of rotatable bonds is 4. The van der Waals surface area contributed by atoms with Gasteiger partial charge in [-0.1, -0.05) is 17.2 Å². The molecule has 16 heavy (non-hydrogen) atoms. The third-order valence-electron chi connectivity index (χ3n) is 2.27. The van der Waals surface area contributed by atoms with E-state index in [1.165, 1.54) is 7.11 Å². The number of phenols is 1. The van der Waals surface area contributed by atoms with Crippen LogP contribution in [0.3, 0.4) is 0 Å². The van der Waals surface area contributed by atoms with Crippen molar-refractivity contribution >= 4 is 11.6 Å². The van der Waals surface area contributed by atoms with E-state index in [2.05, 4.69) is 6.58 Å². The Hall–Kier alpha value is -1.19. The summed E-state index contributed by atoms with van der Waals surface area (Å²) >= 11 is 5.87. The molecular weight excluding hydrogens is 226 g/mol. The normalized spacial score (nSPS) is 12.2. The summed E-state index contributed by atoms with van der Waals surface area (Å²) in [6.07, 6.45) is 0.671. The molecule has 0 bridgehead atoms. The van der Waals surface area contributed by atoms with Gasteiger partial charge in [0.1, 0.15) is 0 Å². The third-order valence-corrected chi connectivity index (χ3v) is 2.56. The number of hydrogen-bond acceptors (Lipinski definition) is 3. The fraction of sp³-hybridized carbons (Fsp3) is 0.333. The van der Waals surface area contributed by atoms with Crippen LogP contribution in [0.4, 0.5) is 0 Å². The molecule has 0 aromatic heterocycles. The Morgan fingerprint density at radius 2 is 2.25 bits per heavy atom. The maximum absolute atomic E-state index is 9.57. The maximum atomic E-state index is 9.57. The minimum Gasteiger partial charge on any atom is -0.503 e. The minimum absolute atomic E-state index is 0.0598. The smallest absolute Gasteiger partial charge is 0.176 e. The van der Waals surface area contributed by atoms with E-state index in [-0.39, 0.29) is 16.8 Å². The van der Waals surface area contributed by atoms with Gasteiger partial charge in [0.15, 0.2) is 11.5 Å². The second-order valence-corrected chi connectivity index (χ2v) is 4.23. The predicted octanol–water partition coefficient (Wildman–Crippen LogP) is 3.02. The summed E-state index contributed by atoms with van der Waals surface area (Å²) in [6, 6.07) is 3.14. The molecule has 0 aliphatic carbocycles. The molecule has 0 aliphatic rings. The molecule has 0 aliphatic heterocycles. The lowest BCUT2D eigenvalue weighted by molar-refractivity contribution is 0.372. The highest BCUT2D eigenvalue weighted by Gasteiger charge is 2.13. The summed E-state index contributed by atoms with van der Waals surface area (Å²) in [7, 11) is 1.47. The fourth-order valence-corrected chi connectivity index (χ4v) is 1.68. The Kier molecular flexibility index (Phi) is 4.21. The zero-order valence-corrected chi connectivity index (χ0v) is 10.2. The van der Waals surface area contributed by atoms with Crippen LogP contribution in [0.5, 0.6) is 11.5 Å². The number of nitrogens with two attached hydrogens (primary N) is 1. The van der Waals surface area contributed by atoms with Gasteiger partial charge in [0.25, 0.3) is 0 Å². The van der Waals surface area contributed by atoms with Crippen molar-refractivity contribution in [2.45, 2.75) is 19.4 Å². The van der Waals surface area contributed by atoms with Crippen molar-refractivity contribution < 1.29 is 9.84 Å². The quantitative estimate of drug-likeness (QED) is 0.797. The van der Waals surface area contributed by atoms with Crippen molar-refractivity contribution in [2.75, 3.05) is 7.11 Å². The Morgan fingerprint density at radius 3 is 2.75 bits per heavy atom. The van der Waals surface area contributed by atoms with Gasteiger partial charge in [-0.3, -0.25) is 0 Å². The molecule has 1 rings (SSSR count). The zero-order chi connectivity index (χ0) is 12.3. The average Bonchev–Trinajstić information content (AvgIpc) is 2.20. The SMILES string of the molecule is C=C(C)C[C@@H](N)c1cc(Cl)c(O)c(OC)c1. The number of halogens is 1. The Bertz CT molecular complexity index is 404. The first-order chi connectivity index (χ1) is 7.45. The Morgan fingerprint density at radius 1 is 1.62 bits per heavy atom. The number of hydrogen-bond donors (Lipinski definition) is 2. The van der Waals surface area contributed by atoms with E-state index in [0.29, 0.717) is 12.2 Å². The van der Waals surface area contributed by atoms with E-state index in [1.807, 2.05) is 6.92 Å². The highest BCUT2D eigenvalue weighted by Crippen LogP contribution is 2.37. The Labute approximate surface area is 100 Å². The minimum atomic E-state index is -0.190. The zero-order valence-electron chi connectivity index (χ0n) is 9.46. The summed E-state index contributed by atoms with van der Waals surface area (Å²) in [5.41, 5.74) is 7.80. The molecule has 3 nitrogen and oxygen atoms in total. The van der Waals surface area contributed by atoms with Gasteiger partial charge < -0.3 is 15.6 Å². The van der Waals surface area contributed by atoms with Crippen molar-refractivity contribution in [3.8, 4) is 11.5 Å². The topological polar surface area (TPSA) is 55.5 Å². The van der Waals surface area contributed by atoms with Gasteiger partial charge in [-0.25, -0.2) is 0 Å². The van der Waals surface area contributed by atoms with Crippen molar-refractivity contribution in [1.82, 2.24) is 0 Å². The number of aromatic hydroxyl groups is 1. The molecule has 1 atom stereocenters. The first-order valence-electron chi connectivity index (χ1n) is 4.92. The van der Waals surface area contributed by atoms with Crippen LogP contribution in [0, 0.1) is 0 Å². The van der Waals surface area contributed by atoms with Crippen LogP contribution in [0.1, 0.15) is 24.9 Å². The molecule has 88 valence electrons. The fourth-order valence-electron chi connectivity index (χ4n) is 1.46. The first-order valence-corrected chi connectivity index (χ1v) is 5.29. The lowest BCUT2D eigenvalue weighted by Gasteiger charge is -2.14. The molecule has 0 unspecified atom stereocenters. The Balaban J connectivity index is 3.05. The van der Waals surface area contributed by atoms with E-state index in [4.69, 9.17) is 22.1 Å². The molecule has 0 fully saturated rings. The lowest BCUT2D eigenvalue weighted by atomic mass is 10.0. The van der Waals surface area contributed by atoms with Gasteiger partial charge in [-0.2, -0.15) is 0 Å². The van der Waals surface area contributed by atoms with Gasteiger partial charge in [0.2, 0.25) is 0 Å². The van der Waals surface area contributed by atoms with Crippen LogP contribution >= 0.6 is 11.6 Å². The molecule has 0 heterocycles. The first kappa shape index (κ1) is 12.9. The molecule has 0 saturated carbocycles. The molecule has 0 spiro atoms. The second-order valence-electron chi connectivity index (χ2n) is 3.82. The van der Waals surface area contributed by atoms with E-state index < -0.39 is 0 Å². The number of methoxy groups -OCH3 is 1. The molecule has 0 saturated heterocycles. The van der Waals surface area contributed by atoms with Crippen LogP contribution in [-0.2, 0) is 0 Å². The summed E-state index contributed by atoms with van der Waals surface area (Å²) in [5, 5.41) is 9.81. The van der Waals surface area contributed by atoms with Gasteiger partial charge >= 0.3 is 0 Å².